The molecule has 0 aromatic carbocycles. The second kappa shape index (κ2) is 8.11. The average Bonchev–Trinajstić information content (AvgIpc) is 2.47. The van der Waals surface area contributed by atoms with Crippen LogP contribution in [0, 0.1) is 12.8 Å². The minimum atomic E-state index is -0.0793. The largest absolute Gasteiger partial charge is 0.370 e. The van der Waals surface area contributed by atoms with E-state index in [-0.39, 0.29) is 5.91 Å². The minimum Gasteiger partial charge on any atom is -0.370 e. The van der Waals surface area contributed by atoms with Gasteiger partial charge in [0.1, 0.15) is 17.3 Å². The van der Waals surface area contributed by atoms with Gasteiger partial charge in [-0.05, 0) is 32.1 Å². The number of nitrogens with one attached hydrogen (secondary N) is 2. The average molecular weight is 304 g/mol. The van der Waals surface area contributed by atoms with Gasteiger partial charge in [-0.1, -0.05) is 33.1 Å². The van der Waals surface area contributed by atoms with Crippen molar-refractivity contribution in [1.29, 1.82) is 0 Å². The number of aromatic nitrogens is 2. The summed E-state index contributed by atoms with van der Waals surface area (Å²) in [5.41, 5.74) is 0.463. The number of hydrogen-bond acceptors (Lipinski definition) is 4. The summed E-state index contributed by atoms with van der Waals surface area (Å²) in [5.74, 6) is 1.93. The molecule has 2 N–H and O–H groups in total. The number of nitrogens with zero attached hydrogens (tertiary/aromatic N) is 2. The van der Waals surface area contributed by atoms with Gasteiger partial charge in [0.05, 0.1) is 0 Å². The Morgan fingerprint density at radius 1 is 1.27 bits per heavy atom. The molecule has 0 saturated heterocycles. The third-order valence-corrected chi connectivity index (χ3v) is 4.04. The van der Waals surface area contributed by atoms with Crippen molar-refractivity contribution in [2.75, 3.05) is 11.9 Å². The van der Waals surface area contributed by atoms with E-state index in [4.69, 9.17) is 0 Å². The summed E-state index contributed by atoms with van der Waals surface area (Å²) in [7, 11) is 0. The van der Waals surface area contributed by atoms with Crippen LogP contribution in [0.5, 0.6) is 0 Å². The highest BCUT2D eigenvalue weighted by molar-refractivity contribution is 5.93. The summed E-state index contributed by atoms with van der Waals surface area (Å²) in [6.07, 6.45) is 6.92. The van der Waals surface area contributed by atoms with Gasteiger partial charge in [-0.25, -0.2) is 9.97 Å². The Labute approximate surface area is 133 Å². The molecule has 0 unspecified atom stereocenters. The third kappa shape index (κ3) is 5.28. The van der Waals surface area contributed by atoms with Gasteiger partial charge in [0.15, 0.2) is 0 Å². The smallest absolute Gasteiger partial charge is 0.270 e. The SMILES string of the molecule is Cc1nc(NCCC(C)C)cc(C(=O)NC2CCCCC2)n1. The predicted molar refractivity (Wildman–Crippen MR) is 89.1 cm³/mol. The van der Waals surface area contributed by atoms with Crippen LogP contribution in [0.2, 0.25) is 0 Å². The Bertz CT molecular complexity index is 495. The van der Waals surface area contributed by atoms with Gasteiger partial charge < -0.3 is 10.6 Å². The molecular weight excluding hydrogens is 276 g/mol. The maximum Gasteiger partial charge on any atom is 0.270 e. The molecule has 0 bridgehead atoms. The van der Waals surface area contributed by atoms with Gasteiger partial charge in [-0.15, -0.1) is 0 Å². The minimum absolute atomic E-state index is 0.0793. The second-order valence-electron chi connectivity index (χ2n) is 6.60. The standard InChI is InChI=1S/C17H28N4O/c1-12(2)9-10-18-16-11-15(19-13(3)20-16)17(22)21-14-7-5-4-6-8-14/h11-12,14H,4-10H2,1-3H3,(H,21,22)(H,18,19,20). The van der Waals surface area contributed by atoms with Crippen LogP contribution < -0.4 is 10.6 Å². The van der Waals surface area contributed by atoms with Crippen LogP contribution in [-0.4, -0.2) is 28.5 Å². The lowest BCUT2D eigenvalue weighted by Gasteiger charge is -2.22. The van der Waals surface area contributed by atoms with Gasteiger partial charge in [0, 0.05) is 18.7 Å². The topological polar surface area (TPSA) is 66.9 Å². The zero-order valence-electron chi connectivity index (χ0n) is 14.0. The lowest BCUT2D eigenvalue weighted by Crippen LogP contribution is -2.36. The van der Waals surface area contributed by atoms with Crippen molar-refractivity contribution in [2.24, 2.45) is 5.92 Å². The Hall–Kier alpha value is -1.65. The third-order valence-electron chi connectivity index (χ3n) is 4.04. The summed E-state index contributed by atoms with van der Waals surface area (Å²) in [4.78, 5) is 21.0. The highest BCUT2D eigenvalue weighted by atomic mass is 16.1. The monoisotopic (exact) mass is 304 g/mol. The van der Waals surface area contributed by atoms with Crippen molar-refractivity contribution in [3.8, 4) is 0 Å². The molecule has 2 rings (SSSR count). The first-order chi connectivity index (χ1) is 10.5. The fraction of sp³-hybridized carbons (Fsp3) is 0.706. The highest BCUT2D eigenvalue weighted by Crippen LogP contribution is 2.18. The molecule has 0 spiro atoms. The molecule has 0 atom stereocenters. The first-order valence-electron chi connectivity index (χ1n) is 8.45. The Balaban J connectivity index is 1.96. The highest BCUT2D eigenvalue weighted by Gasteiger charge is 2.18. The zero-order chi connectivity index (χ0) is 15.9. The maximum atomic E-state index is 12.4. The van der Waals surface area contributed by atoms with Crippen LogP contribution in [0.15, 0.2) is 6.07 Å². The summed E-state index contributed by atoms with van der Waals surface area (Å²) in [6.45, 7) is 7.06. The predicted octanol–water partition coefficient (Wildman–Crippen LogP) is 3.31. The first-order valence-corrected chi connectivity index (χ1v) is 8.45. The number of carbonyl (C=O) groups excluding carboxylic acids is 1. The van der Waals surface area contributed by atoms with E-state index in [0.717, 1.165) is 31.6 Å². The Kier molecular flexibility index (Phi) is 6.16. The van der Waals surface area contributed by atoms with Crippen LogP contribution in [0.1, 0.15) is 68.7 Å². The molecule has 1 saturated carbocycles. The number of anilines is 1. The number of carbonyl (C=O) groups is 1. The number of amides is 1. The van der Waals surface area contributed by atoms with E-state index in [1.807, 2.05) is 6.92 Å². The second-order valence-corrected chi connectivity index (χ2v) is 6.60. The molecular formula is C17H28N4O. The molecule has 1 aliphatic rings. The number of aryl methyl sites for hydroxylation is 1. The maximum absolute atomic E-state index is 12.4. The molecule has 0 radical (unpaired) electrons. The van der Waals surface area contributed by atoms with Crippen molar-refractivity contribution in [2.45, 2.75) is 65.3 Å². The van der Waals surface area contributed by atoms with E-state index in [9.17, 15) is 4.79 Å². The van der Waals surface area contributed by atoms with E-state index >= 15 is 0 Å². The van der Waals surface area contributed by atoms with Gasteiger partial charge >= 0.3 is 0 Å². The van der Waals surface area contributed by atoms with E-state index in [2.05, 4.69) is 34.4 Å². The zero-order valence-corrected chi connectivity index (χ0v) is 14.0. The summed E-state index contributed by atoms with van der Waals surface area (Å²) >= 11 is 0. The van der Waals surface area contributed by atoms with Crippen molar-refractivity contribution in [3.05, 3.63) is 17.6 Å². The Morgan fingerprint density at radius 3 is 2.68 bits per heavy atom. The van der Waals surface area contributed by atoms with Gasteiger partial charge in [-0.2, -0.15) is 0 Å². The molecule has 1 aromatic rings. The van der Waals surface area contributed by atoms with E-state index < -0.39 is 0 Å². The van der Waals surface area contributed by atoms with Crippen molar-refractivity contribution < 1.29 is 4.79 Å². The molecule has 5 nitrogen and oxygen atoms in total. The Morgan fingerprint density at radius 2 is 2.00 bits per heavy atom. The van der Waals surface area contributed by atoms with E-state index in [0.29, 0.717) is 23.5 Å². The number of rotatable bonds is 6. The fourth-order valence-corrected chi connectivity index (χ4v) is 2.77. The lowest BCUT2D eigenvalue weighted by molar-refractivity contribution is 0.0922. The molecule has 5 heteroatoms. The van der Waals surface area contributed by atoms with Crippen LogP contribution in [-0.2, 0) is 0 Å². The molecule has 122 valence electrons. The molecule has 1 aromatic heterocycles. The number of hydrogen-bond donors (Lipinski definition) is 2. The first kappa shape index (κ1) is 16.7. The van der Waals surface area contributed by atoms with Crippen LogP contribution in [0.3, 0.4) is 0 Å². The van der Waals surface area contributed by atoms with Crippen molar-refractivity contribution >= 4 is 11.7 Å². The van der Waals surface area contributed by atoms with Gasteiger partial charge in [0.2, 0.25) is 0 Å². The van der Waals surface area contributed by atoms with Gasteiger partial charge in [-0.3, -0.25) is 4.79 Å². The normalized spacial score (nSPS) is 15.8. The molecule has 0 aliphatic heterocycles. The molecule has 1 aliphatic carbocycles. The van der Waals surface area contributed by atoms with Crippen LogP contribution in [0.25, 0.3) is 0 Å². The van der Waals surface area contributed by atoms with Gasteiger partial charge in [0.25, 0.3) is 5.91 Å². The van der Waals surface area contributed by atoms with E-state index in [1.165, 1.54) is 19.3 Å². The fourth-order valence-electron chi connectivity index (χ4n) is 2.77. The van der Waals surface area contributed by atoms with Crippen LogP contribution >= 0.6 is 0 Å². The molecule has 1 fully saturated rings. The lowest BCUT2D eigenvalue weighted by atomic mass is 9.95. The summed E-state index contributed by atoms with van der Waals surface area (Å²) < 4.78 is 0. The molecule has 22 heavy (non-hydrogen) atoms. The molecule has 1 heterocycles. The van der Waals surface area contributed by atoms with E-state index in [1.54, 1.807) is 6.07 Å². The summed E-state index contributed by atoms with van der Waals surface area (Å²) in [6, 6.07) is 2.06. The van der Waals surface area contributed by atoms with Crippen molar-refractivity contribution in [3.63, 3.8) is 0 Å². The molecule has 1 amide bonds. The van der Waals surface area contributed by atoms with Crippen LogP contribution in [0.4, 0.5) is 5.82 Å². The quantitative estimate of drug-likeness (QED) is 0.846. The summed E-state index contributed by atoms with van der Waals surface area (Å²) in [5, 5.41) is 6.39. The van der Waals surface area contributed by atoms with Crippen molar-refractivity contribution in [1.82, 2.24) is 15.3 Å².